The van der Waals surface area contributed by atoms with E-state index in [4.69, 9.17) is 4.98 Å². The SMILES string of the molecule is Cc1cc(N2CCCCCC2)nc(Nc2c(C)cccc2C(C)C)n1. The number of nitrogens with zero attached hydrogens (tertiary/aromatic N) is 3. The zero-order valence-corrected chi connectivity index (χ0v) is 16.0. The van der Waals surface area contributed by atoms with Gasteiger partial charge in [-0.25, -0.2) is 4.98 Å². The lowest BCUT2D eigenvalue weighted by Gasteiger charge is -2.23. The van der Waals surface area contributed by atoms with Crippen molar-refractivity contribution in [3.63, 3.8) is 0 Å². The van der Waals surface area contributed by atoms with Gasteiger partial charge in [0, 0.05) is 30.5 Å². The van der Waals surface area contributed by atoms with Crippen molar-refractivity contribution in [3.05, 3.63) is 41.1 Å². The zero-order chi connectivity index (χ0) is 17.8. The van der Waals surface area contributed by atoms with Crippen molar-refractivity contribution >= 4 is 17.5 Å². The van der Waals surface area contributed by atoms with Crippen molar-refractivity contribution in [1.82, 2.24) is 9.97 Å². The molecule has 0 unspecified atom stereocenters. The van der Waals surface area contributed by atoms with E-state index in [1.165, 1.54) is 36.8 Å². The fourth-order valence-electron chi connectivity index (χ4n) is 3.52. The van der Waals surface area contributed by atoms with E-state index >= 15 is 0 Å². The summed E-state index contributed by atoms with van der Waals surface area (Å²) in [5.74, 6) is 2.21. The average molecular weight is 338 g/mol. The lowest BCUT2D eigenvalue weighted by atomic mass is 9.98. The Morgan fingerprint density at radius 1 is 1.00 bits per heavy atom. The molecular weight excluding hydrogens is 308 g/mol. The van der Waals surface area contributed by atoms with E-state index in [-0.39, 0.29) is 0 Å². The maximum Gasteiger partial charge on any atom is 0.229 e. The highest BCUT2D eigenvalue weighted by Crippen LogP contribution is 2.30. The third kappa shape index (κ3) is 4.30. The summed E-state index contributed by atoms with van der Waals surface area (Å²) in [6.45, 7) is 10.8. The molecule has 1 aromatic heterocycles. The molecule has 0 amide bonds. The molecule has 1 aliphatic rings. The summed E-state index contributed by atoms with van der Waals surface area (Å²) in [5.41, 5.74) is 4.69. The van der Waals surface area contributed by atoms with Gasteiger partial charge in [-0.15, -0.1) is 0 Å². The molecule has 1 aliphatic heterocycles. The molecule has 1 N–H and O–H groups in total. The number of para-hydroxylation sites is 1. The molecule has 0 atom stereocenters. The van der Waals surface area contributed by atoms with E-state index in [2.05, 4.69) is 67.2 Å². The minimum atomic E-state index is 0.456. The number of hydrogen-bond acceptors (Lipinski definition) is 4. The van der Waals surface area contributed by atoms with Gasteiger partial charge in [-0.3, -0.25) is 0 Å². The van der Waals surface area contributed by atoms with Crippen LogP contribution < -0.4 is 10.2 Å². The second-order valence-corrected chi connectivity index (χ2v) is 7.41. The standard InChI is InChI=1S/C21H30N4/c1-15(2)18-11-9-10-16(3)20(18)24-21-22-17(4)14-19(23-21)25-12-7-5-6-8-13-25/h9-11,14-15H,5-8,12-13H2,1-4H3,(H,22,23,24). The van der Waals surface area contributed by atoms with E-state index in [1.807, 2.05) is 0 Å². The van der Waals surface area contributed by atoms with Crippen LogP contribution in [0.3, 0.4) is 0 Å². The third-order valence-corrected chi connectivity index (χ3v) is 4.93. The van der Waals surface area contributed by atoms with Crippen LogP contribution in [-0.2, 0) is 0 Å². The van der Waals surface area contributed by atoms with Crippen molar-refractivity contribution in [2.24, 2.45) is 0 Å². The van der Waals surface area contributed by atoms with Gasteiger partial charge in [-0.05, 0) is 43.7 Å². The van der Waals surface area contributed by atoms with E-state index in [0.29, 0.717) is 11.9 Å². The fraction of sp³-hybridized carbons (Fsp3) is 0.524. The van der Waals surface area contributed by atoms with Gasteiger partial charge in [0.15, 0.2) is 0 Å². The number of aromatic nitrogens is 2. The molecule has 0 aliphatic carbocycles. The Bertz CT molecular complexity index is 716. The van der Waals surface area contributed by atoms with Gasteiger partial charge in [0.1, 0.15) is 5.82 Å². The minimum absolute atomic E-state index is 0.456. The molecule has 1 aromatic carbocycles. The van der Waals surface area contributed by atoms with Gasteiger partial charge >= 0.3 is 0 Å². The van der Waals surface area contributed by atoms with Gasteiger partial charge in [0.05, 0.1) is 0 Å². The van der Waals surface area contributed by atoms with E-state index in [9.17, 15) is 0 Å². The Morgan fingerprint density at radius 3 is 2.40 bits per heavy atom. The van der Waals surface area contributed by atoms with Crippen LogP contribution in [0.1, 0.15) is 62.3 Å². The Labute approximate surface area is 151 Å². The summed E-state index contributed by atoms with van der Waals surface area (Å²) < 4.78 is 0. The van der Waals surface area contributed by atoms with Crippen LogP contribution in [0.5, 0.6) is 0 Å². The molecule has 0 radical (unpaired) electrons. The quantitative estimate of drug-likeness (QED) is 0.817. The summed E-state index contributed by atoms with van der Waals surface area (Å²) in [6, 6.07) is 8.55. The molecule has 0 saturated carbocycles. The smallest absolute Gasteiger partial charge is 0.229 e. The molecule has 134 valence electrons. The normalized spacial score (nSPS) is 15.3. The highest BCUT2D eigenvalue weighted by molar-refractivity contribution is 5.65. The van der Waals surface area contributed by atoms with Crippen molar-refractivity contribution in [3.8, 4) is 0 Å². The predicted molar refractivity (Wildman–Crippen MR) is 106 cm³/mol. The molecule has 0 spiro atoms. The van der Waals surface area contributed by atoms with E-state index < -0.39 is 0 Å². The van der Waals surface area contributed by atoms with Crippen LogP contribution in [0.2, 0.25) is 0 Å². The second kappa shape index (κ2) is 7.85. The molecule has 25 heavy (non-hydrogen) atoms. The Balaban J connectivity index is 1.91. The van der Waals surface area contributed by atoms with E-state index in [0.717, 1.165) is 30.3 Å². The number of anilines is 3. The van der Waals surface area contributed by atoms with Crippen LogP contribution in [0.15, 0.2) is 24.3 Å². The summed E-state index contributed by atoms with van der Waals surface area (Å²) in [5, 5.41) is 3.51. The molecule has 2 heterocycles. The predicted octanol–water partition coefficient (Wildman–Crippen LogP) is 5.34. The van der Waals surface area contributed by atoms with Crippen molar-refractivity contribution < 1.29 is 0 Å². The topological polar surface area (TPSA) is 41.1 Å². The maximum atomic E-state index is 4.84. The summed E-state index contributed by atoms with van der Waals surface area (Å²) in [4.78, 5) is 11.9. The first-order valence-electron chi connectivity index (χ1n) is 9.52. The molecule has 4 heteroatoms. The van der Waals surface area contributed by atoms with Crippen LogP contribution in [0, 0.1) is 13.8 Å². The maximum absolute atomic E-state index is 4.84. The number of rotatable bonds is 4. The summed E-state index contributed by atoms with van der Waals surface area (Å²) in [7, 11) is 0. The van der Waals surface area contributed by atoms with Crippen molar-refractivity contribution in [2.75, 3.05) is 23.3 Å². The highest BCUT2D eigenvalue weighted by atomic mass is 15.2. The lowest BCUT2D eigenvalue weighted by Crippen LogP contribution is -2.25. The minimum Gasteiger partial charge on any atom is -0.356 e. The Hall–Kier alpha value is -2.10. The monoisotopic (exact) mass is 338 g/mol. The first-order chi connectivity index (χ1) is 12.0. The van der Waals surface area contributed by atoms with Gasteiger partial charge in [-0.1, -0.05) is 44.9 Å². The molecule has 0 bridgehead atoms. The molecule has 1 saturated heterocycles. The van der Waals surface area contributed by atoms with Crippen LogP contribution >= 0.6 is 0 Å². The number of nitrogens with one attached hydrogen (secondary N) is 1. The molecule has 3 rings (SSSR count). The fourth-order valence-corrected chi connectivity index (χ4v) is 3.52. The third-order valence-electron chi connectivity index (χ3n) is 4.93. The van der Waals surface area contributed by atoms with Crippen molar-refractivity contribution in [1.29, 1.82) is 0 Å². The number of aryl methyl sites for hydroxylation is 2. The largest absolute Gasteiger partial charge is 0.356 e. The number of hydrogen-bond donors (Lipinski definition) is 1. The van der Waals surface area contributed by atoms with E-state index in [1.54, 1.807) is 0 Å². The van der Waals surface area contributed by atoms with Gasteiger partial charge in [0.25, 0.3) is 0 Å². The molecule has 2 aromatic rings. The van der Waals surface area contributed by atoms with Crippen molar-refractivity contribution in [2.45, 2.75) is 59.3 Å². The zero-order valence-electron chi connectivity index (χ0n) is 16.0. The van der Waals surface area contributed by atoms with Crippen LogP contribution in [-0.4, -0.2) is 23.1 Å². The second-order valence-electron chi connectivity index (χ2n) is 7.41. The van der Waals surface area contributed by atoms with Crippen LogP contribution in [0.4, 0.5) is 17.5 Å². The highest BCUT2D eigenvalue weighted by Gasteiger charge is 2.15. The lowest BCUT2D eigenvalue weighted by molar-refractivity contribution is 0.726. The molecule has 1 fully saturated rings. The summed E-state index contributed by atoms with van der Waals surface area (Å²) in [6.07, 6.45) is 5.15. The Morgan fingerprint density at radius 2 is 1.72 bits per heavy atom. The Kier molecular flexibility index (Phi) is 5.57. The van der Waals surface area contributed by atoms with Gasteiger partial charge in [0.2, 0.25) is 5.95 Å². The average Bonchev–Trinajstić information content (AvgIpc) is 2.85. The number of benzene rings is 1. The first-order valence-corrected chi connectivity index (χ1v) is 9.52. The van der Waals surface area contributed by atoms with Crippen LogP contribution in [0.25, 0.3) is 0 Å². The molecule has 4 nitrogen and oxygen atoms in total. The summed E-state index contributed by atoms with van der Waals surface area (Å²) >= 11 is 0. The first kappa shape index (κ1) is 17.7. The van der Waals surface area contributed by atoms with Gasteiger partial charge < -0.3 is 10.2 Å². The molecular formula is C21H30N4. The van der Waals surface area contributed by atoms with Gasteiger partial charge in [-0.2, -0.15) is 4.98 Å².